The van der Waals surface area contributed by atoms with Crippen molar-refractivity contribution in [1.29, 1.82) is 0 Å². The number of sulfonamides is 1. The molecule has 0 aromatic heterocycles. The lowest BCUT2D eigenvalue weighted by molar-refractivity contribution is 0.204. The van der Waals surface area contributed by atoms with E-state index in [1.54, 1.807) is 18.2 Å². The van der Waals surface area contributed by atoms with E-state index in [0.717, 1.165) is 5.56 Å². The molecule has 0 fully saturated rings. The summed E-state index contributed by atoms with van der Waals surface area (Å²) in [5, 5.41) is 2.98. The fraction of sp³-hybridized carbons (Fsp3) is 0.500. The van der Waals surface area contributed by atoms with Crippen LogP contribution in [-0.2, 0) is 21.3 Å². The third kappa shape index (κ3) is 6.42. The Hall–Kier alpha value is -1.64. The molecular formula is C14H24N4O3S. The Labute approximate surface area is 132 Å². The van der Waals surface area contributed by atoms with Crippen molar-refractivity contribution in [2.45, 2.75) is 31.3 Å². The van der Waals surface area contributed by atoms with Gasteiger partial charge in [0.15, 0.2) is 5.96 Å². The molecule has 0 amide bonds. The van der Waals surface area contributed by atoms with Crippen LogP contribution in [0.3, 0.4) is 0 Å². The SMILES string of the molecule is COCCNS(=O)(=O)c1cccc(CN=C(N)NC(C)C)c1. The number of benzene rings is 1. The molecule has 0 aliphatic carbocycles. The quantitative estimate of drug-likeness (QED) is 0.364. The number of nitrogens with two attached hydrogens (primary N) is 1. The van der Waals surface area contributed by atoms with Gasteiger partial charge in [0.25, 0.3) is 0 Å². The molecule has 0 aliphatic rings. The second-order valence-corrected chi connectivity index (χ2v) is 6.81. The molecular weight excluding hydrogens is 304 g/mol. The fourth-order valence-electron chi connectivity index (χ4n) is 1.69. The minimum atomic E-state index is -3.54. The summed E-state index contributed by atoms with van der Waals surface area (Å²) in [6.45, 7) is 4.78. The molecule has 0 unspecified atom stereocenters. The smallest absolute Gasteiger partial charge is 0.240 e. The average Bonchev–Trinajstić information content (AvgIpc) is 2.45. The zero-order chi connectivity index (χ0) is 16.6. The molecule has 1 aromatic carbocycles. The highest BCUT2D eigenvalue weighted by molar-refractivity contribution is 7.89. The number of rotatable bonds is 8. The summed E-state index contributed by atoms with van der Waals surface area (Å²) >= 11 is 0. The Bertz CT molecular complexity index is 600. The maximum atomic E-state index is 12.1. The van der Waals surface area contributed by atoms with Crippen LogP contribution in [0, 0.1) is 0 Å². The van der Waals surface area contributed by atoms with Gasteiger partial charge in [0.1, 0.15) is 0 Å². The zero-order valence-corrected chi connectivity index (χ0v) is 14.0. The number of hydrogen-bond acceptors (Lipinski definition) is 4. The van der Waals surface area contributed by atoms with Crippen LogP contribution in [0.25, 0.3) is 0 Å². The van der Waals surface area contributed by atoms with Crippen molar-refractivity contribution >= 4 is 16.0 Å². The molecule has 0 heterocycles. The van der Waals surface area contributed by atoms with Gasteiger partial charge >= 0.3 is 0 Å². The molecule has 4 N–H and O–H groups in total. The molecule has 0 saturated carbocycles. The van der Waals surface area contributed by atoms with E-state index in [-0.39, 0.29) is 17.5 Å². The Balaban J connectivity index is 2.77. The first kappa shape index (κ1) is 18.4. The number of guanidine groups is 1. The van der Waals surface area contributed by atoms with Crippen LogP contribution in [0.4, 0.5) is 0 Å². The Morgan fingerprint density at radius 2 is 2.14 bits per heavy atom. The summed E-state index contributed by atoms with van der Waals surface area (Å²) in [4.78, 5) is 4.38. The van der Waals surface area contributed by atoms with Gasteiger partial charge in [-0.25, -0.2) is 18.1 Å². The van der Waals surface area contributed by atoms with Gasteiger partial charge in [-0.05, 0) is 31.5 Å². The lowest BCUT2D eigenvalue weighted by Crippen LogP contribution is -2.36. The van der Waals surface area contributed by atoms with Crippen LogP contribution in [-0.4, -0.2) is 40.7 Å². The van der Waals surface area contributed by atoms with E-state index < -0.39 is 10.0 Å². The molecule has 0 radical (unpaired) electrons. The molecule has 1 aromatic rings. The number of nitrogens with zero attached hydrogens (tertiary/aromatic N) is 1. The van der Waals surface area contributed by atoms with Crippen molar-refractivity contribution in [1.82, 2.24) is 10.0 Å². The van der Waals surface area contributed by atoms with E-state index in [2.05, 4.69) is 15.0 Å². The van der Waals surface area contributed by atoms with E-state index in [0.29, 0.717) is 19.1 Å². The summed E-state index contributed by atoms with van der Waals surface area (Å²) in [7, 11) is -2.02. The minimum absolute atomic E-state index is 0.195. The van der Waals surface area contributed by atoms with Crippen molar-refractivity contribution in [3.05, 3.63) is 29.8 Å². The summed E-state index contributed by atoms with van der Waals surface area (Å²) in [6, 6.07) is 6.81. The first-order valence-corrected chi connectivity index (χ1v) is 8.47. The van der Waals surface area contributed by atoms with Crippen molar-refractivity contribution in [3.63, 3.8) is 0 Å². The highest BCUT2D eigenvalue weighted by atomic mass is 32.2. The van der Waals surface area contributed by atoms with E-state index in [9.17, 15) is 8.42 Å². The van der Waals surface area contributed by atoms with Gasteiger partial charge in [-0.3, -0.25) is 0 Å². The second kappa shape index (κ2) is 8.72. The maximum Gasteiger partial charge on any atom is 0.240 e. The molecule has 0 aliphatic heterocycles. The molecule has 0 spiro atoms. The third-order valence-corrected chi connectivity index (χ3v) is 4.13. The normalized spacial score (nSPS) is 12.6. The molecule has 124 valence electrons. The molecule has 1 rings (SSSR count). The Kier molecular flexibility index (Phi) is 7.30. The molecule has 0 saturated heterocycles. The van der Waals surface area contributed by atoms with Crippen molar-refractivity contribution < 1.29 is 13.2 Å². The number of nitrogens with one attached hydrogen (secondary N) is 2. The van der Waals surface area contributed by atoms with Crippen LogP contribution in [0.5, 0.6) is 0 Å². The van der Waals surface area contributed by atoms with Gasteiger partial charge in [-0.1, -0.05) is 12.1 Å². The first-order chi connectivity index (χ1) is 10.3. The minimum Gasteiger partial charge on any atom is -0.383 e. The van der Waals surface area contributed by atoms with Crippen molar-refractivity contribution in [2.75, 3.05) is 20.3 Å². The van der Waals surface area contributed by atoms with Gasteiger partial charge in [0, 0.05) is 19.7 Å². The van der Waals surface area contributed by atoms with E-state index in [4.69, 9.17) is 10.5 Å². The van der Waals surface area contributed by atoms with Gasteiger partial charge in [0.05, 0.1) is 18.0 Å². The van der Waals surface area contributed by atoms with Crippen molar-refractivity contribution in [3.8, 4) is 0 Å². The van der Waals surface area contributed by atoms with Crippen LogP contribution in [0.1, 0.15) is 19.4 Å². The predicted octanol–water partition coefficient (Wildman–Crippen LogP) is 0.424. The monoisotopic (exact) mass is 328 g/mol. The highest BCUT2D eigenvalue weighted by Gasteiger charge is 2.13. The molecule has 0 bridgehead atoms. The highest BCUT2D eigenvalue weighted by Crippen LogP contribution is 2.12. The van der Waals surface area contributed by atoms with Gasteiger partial charge < -0.3 is 15.8 Å². The van der Waals surface area contributed by atoms with Crippen LogP contribution >= 0.6 is 0 Å². The number of methoxy groups -OCH3 is 1. The van der Waals surface area contributed by atoms with Crippen LogP contribution in [0.15, 0.2) is 34.2 Å². The topological polar surface area (TPSA) is 106 Å². The maximum absolute atomic E-state index is 12.1. The van der Waals surface area contributed by atoms with E-state index >= 15 is 0 Å². The average molecular weight is 328 g/mol. The lowest BCUT2D eigenvalue weighted by atomic mass is 10.2. The fourth-order valence-corrected chi connectivity index (χ4v) is 2.77. The number of aliphatic imine (C=N–C) groups is 1. The van der Waals surface area contributed by atoms with E-state index in [1.165, 1.54) is 13.2 Å². The van der Waals surface area contributed by atoms with Crippen molar-refractivity contribution in [2.24, 2.45) is 10.7 Å². The number of hydrogen-bond donors (Lipinski definition) is 3. The van der Waals surface area contributed by atoms with Gasteiger partial charge in [-0.2, -0.15) is 0 Å². The van der Waals surface area contributed by atoms with Crippen LogP contribution < -0.4 is 15.8 Å². The zero-order valence-electron chi connectivity index (χ0n) is 13.2. The second-order valence-electron chi connectivity index (χ2n) is 5.04. The third-order valence-electron chi connectivity index (χ3n) is 2.68. The summed E-state index contributed by atoms with van der Waals surface area (Å²) < 4.78 is 31.5. The molecule has 22 heavy (non-hydrogen) atoms. The van der Waals surface area contributed by atoms with E-state index in [1.807, 2.05) is 13.8 Å². The Morgan fingerprint density at radius 3 is 2.77 bits per heavy atom. The van der Waals surface area contributed by atoms with Gasteiger partial charge in [-0.15, -0.1) is 0 Å². The summed E-state index contributed by atoms with van der Waals surface area (Å²) in [6.07, 6.45) is 0. The summed E-state index contributed by atoms with van der Waals surface area (Å²) in [5.74, 6) is 0.335. The molecule has 7 nitrogen and oxygen atoms in total. The summed E-state index contributed by atoms with van der Waals surface area (Å²) in [5.41, 5.74) is 6.49. The standard InChI is InChI=1S/C14H24N4O3S/c1-11(2)18-14(15)16-10-12-5-4-6-13(9-12)22(19,20)17-7-8-21-3/h4-6,9,11,17H,7-8,10H2,1-3H3,(H3,15,16,18). The first-order valence-electron chi connectivity index (χ1n) is 6.99. The largest absolute Gasteiger partial charge is 0.383 e. The predicted molar refractivity (Wildman–Crippen MR) is 87.1 cm³/mol. The molecule has 0 atom stereocenters. The Morgan fingerprint density at radius 1 is 1.41 bits per heavy atom. The van der Waals surface area contributed by atoms with Gasteiger partial charge in [0.2, 0.25) is 10.0 Å². The number of ether oxygens (including phenoxy) is 1. The van der Waals surface area contributed by atoms with Crippen LogP contribution in [0.2, 0.25) is 0 Å². The molecule has 8 heteroatoms. The lowest BCUT2D eigenvalue weighted by Gasteiger charge is -2.09.